The number of hydrazine groups is 1. The molecule has 1 aliphatic rings. The van der Waals surface area contributed by atoms with E-state index in [1.165, 1.54) is 6.33 Å². The zero-order valence-electron chi connectivity index (χ0n) is 8.62. The van der Waals surface area contributed by atoms with Crippen LogP contribution in [-0.4, -0.2) is 27.2 Å². The molecule has 1 heterocycles. The van der Waals surface area contributed by atoms with Crippen LogP contribution < -0.4 is 16.6 Å². The number of nitrogen functional groups attached to an aromatic ring is 1. The van der Waals surface area contributed by atoms with E-state index in [0.717, 1.165) is 24.2 Å². The number of nitrogens with two attached hydrogens (primary N) is 1. The van der Waals surface area contributed by atoms with E-state index in [2.05, 4.69) is 20.7 Å². The van der Waals surface area contributed by atoms with Crippen LogP contribution in [-0.2, 0) is 0 Å². The highest BCUT2D eigenvalue weighted by Crippen LogP contribution is 2.38. The van der Waals surface area contributed by atoms with Crippen molar-refractivity contribution in [1.82, 2.24) is 9.97 Å². The maximum absolute atomic E-state index is 9.19. The van der Waals surface area contributed by atoms with E-state index in [1.54, 1.807) is 0 Å². The largest absolute Gasteiger partial charge is 0.394 e. The number of hydrogen-bond donors (Lipinski definition) is 4. The lowest BCUT2D eigenvalue weighted by Crippen LogP contribution is -2.27. The normalized spacial score (nSPS) is 17.3. The summed E-state index contributed by atoms with van der Waals surface area (Å²) in [4.78, 5) is 8.12. The Bertz CT molecular complexity index is 364. The fourth-order valence-electron chi connectivity index (χ4n) is 1.45. The van der Waals surface area contributed by atoms with Crippen LogP contribution in [0.1, 0.15) is 18.4 Å². The smallest absolute Gasteiger partial charge is 0.148 e. The molecule has 2 rings (SSSR count). The molecule has 0 unspecified atom stereocenters. The standard InChI is InChI=1S/C9H15N5O/c1-6-7(11-5-12-8(6)14-10)13-9(4-15)2-3-9/h5,15H,2-4,10H2,1H3,(H2,11,12,13,14). The Balaban J connectivity index is 2.21. The van der Waals surface area contributed by atoms with Gasteiger partial charge in [0.1, 0.15) is 18.0 Å². The van der Waals surface area contributed by atoms with E-state index in [4.69, 9.17) is 5.84 Å². The fraction of sp³-hybridized carbons (Fsp3) is 0.556. The minimum absolute atomic E-state index is 0.127. The molecule has 0 atom stereocenters. The summed E-state index contributed by atoms with van der Waals surface area (Å²) in [5.41, 5.74) is 3.19. The van der Waals surface area contributed by atoms with Crippen molar-refractivity contribution in [3.05, 3.63) is 11.9 Å². The molecule has 1 saturated carbocycles. The van der Waals surface area contributed by atoms with Crippen molar-refractivity contribution in [2.75, 3.05) is 17.3 Å². The van der Waals surface area contributed by atoms with E-state index >= 15 is 0 Å². The number of aliphatic hydroxyl groups is 1. The molecule has 5 N–H and O–H groups in total. The molecule has 1 fully saturated rings. The number of nitrogens with one attached hydrogen (secondary N) is 2. The van der Waals surface area contributed by atoms with E-state index in [-0.39, 0.29) is 12.1 Å². The first-order valence-electron chi connectivity index (χ1n) is 4.88. The van der Waals surface area contributed by atoms with E-state index in [9.17, 15) is 5.11 Å². The van der Waals surface area contributed by atoms with Crippen molar-refractivity contribution < 1.29 is 5.11 Å². The van der Waals surface area contributed by atoms with Gasteiger partial charge in [0, 0.05) is 5.56 Å². The molecule has 1 aromatic heterocycles. The Kier molecular flexibility index (Phi) is 2.45. The van der Waals surface area contributed by atoms with Crippen LogP contribution in [0.5, 0.6) is 0 Å². The fourth-order valence-corrected chi connectivity index (χ4v) is 1.45. The Morgan fingerprint density at radius 3 is 2.67 bits per heavy atom. The van der Waals surface area contributed by atoms with Gasteiger partial charge < -0.3 is 15.8 Å². The number of anilines is 2. The van der Waals surface area contributed by atoms with Crippen LogP contribution in [0.2, 0.25) is 0 Å². The molecule has 0 amide bonds. The lowest BCUT2D eigenvalue weighted by molar-refractivity contribution is 0.266. The summed E-state index contributed by atoms with van der Waals surface area (Å²) in [5.74, 6) is 6.64. The van der Waals surface area contributed by atoms with Crippen LogP contribution in [0.25, 0.3) is 0 Å². The molecule has 1 aromatic rings. The van der Waals surface area contributed by atoms with Crippen LogP contribution in [0.4, 0.5) is 11.6 Å². The molecule has 1 aliphatic carbocycles. The van der Waals surface area contributed by atoms with Crippen molar-refractivity contribution in [3.8, 4) is 0 Å². The van der Waals surface area contributed by atoms with Crippen LogP contribution in [0.15, 0.2) is 6.33 Å². The van der Waals surface area contributed by atoms with Crippen LogP contribution in [0.3, 0.4) is 0 Å². The molecular weight excluding hydrogens is 194 g/mol. The molecule has 6 nitrogen and oxygen atoms in total. The van der Waals surface area contributed by atoms with Gasteiger partial charge in [0.25, 0.3) is 0 Å². The van der Waals surface area contributed by atoms with Crippen LogP contribution in [0, 0.1) is 6.92 Å². The zero-order valence-corrected chi connectivity index (χ0v) is 8.62. The predicted octanol–water partition coefficient (Wildman–Crippen LogP) is 0.00742. The first kappa shape index (κ1) is 10.1. The van der Waals surface area contributed by atoms with E-state index in [0.29, 0.717) is 5.82 Å². The summed E-state index contributed by atoms with van der Waals surface area (Å²) in [5, 5.41) is 12.4. The van der Waals surface area contributed by atoms with Gasteiger partial charge >= 0.3 is 0 Å². The zero-order chi connectivity index (χ0) is 10.9. The van der Waals surface area contributed by atoms with Crippen molar-refractivity contribution >= 4 is 11.6 Å². The van der Waals surface area contributed by atoms with Gasteiger partial charge in [-0.05, 0) is 19.8 Å². The SMILES string of the molecule is Cc1c(NN)ncnc1NC1(CO)CC1. The maximum Gasteiger partial charge on any atom is 0.148 e. The quantitative estimate of drug-likeness (QED) is 0.412. The van der Waals surface area contributed by atoms with Crippen molar-refractivity contribution in [2.45, 2.75) is 25.3 Å². The maximum atomic E-state index is 9.19. The summed E-state index contributed by atoms with van der Waals surface area (Å²) in [6.45, 7) is 2.01. The Labute approximate surface area is 87.9 Å². The van der Waals surface area contributed by atoms with Gasteiger partial charge in [-0.3, -0.25) is 0 Å². The van der Waals surface area contributed by atoms with Gasteiger partial charge in [0.2, 0.25) is 0 Å². The second kappa shape index (κ2) is 3.63. The summed E-state index contributed by atoms with van der Waals surface area (Å²) in [6, 6.07) is 0. The number of aliphatic hydroxyl groups excluding tert-OH is 1. The Morgan fingerprint density at radius 2 is 2.13 bits per heavy atom. The average Bonchev–Trinajstić information content (AvgIpc) is 3.02. The topological polar surface area (TPSA) is 96.1 Å². The summed E-state index contributed by atoms with van der Waals surface area (Å²) in [6.07, 6.45) is 3.38. The van der Waals surface area contributed by atoms with Gasteiger partial charge in [-0.25, -0.2) is 15.8 Å². The monoisotopic (exact) mass is 209 g/mol. The number of nitrogens with zero attached hydrogens (tertiary/aromatic N) is 2. The number of rotatable bonds is 4. The molecule has 6 heteroatoms. The van der Waals surface area contributed by atoms with Gasteiger partial charge in [0.15, 0.2) is 0 Å². The first-order chi connectivity index (χ1) is 7.21. The van der Waals surface area contributed by atoms with Crippen molar-refractivity contribution in [3.63, 3.8) is 0 Å². The molecule has 0 spiro atoms. The van der Waals surface area contributed by atoms with Gasteiger partial charge in [-0.1, -0.05) is 0 Å². The minimum Gasteiger partial charge on any atom is -0.394 e. The van der Waals surface area contributed by atoms with Crippen molar-refractivity contribution in [1.29, 1.82) is 0 Å². The third-order valence-corrected chi connectivity index (χ3v) is 2.76. The van der Waals surface area contributed by atoms with Gasteiger partial charge in [0.05, 0.1) is 12.1 Å². The predicted molar refractivity (Wildman–Crippen MR) is 57.3 cm³/mol. The lowest BCUT2D eigenvalue weighted by Gasteiger charge is -2.17. The highest BCUT2D eigenvalue weighted by atomic mass is 16.3. The van der Waals surface area contributed by atoms with Gasteiger partial charge in [-0.15, -0.1) is 0 Å². The van der Waals surface area contributed by atoms with E-state index in [1.807, 2.05) is 6.92 Å². The number of aromatic nitrogens is 2. The lowest BCUT2D eigenvalue weighted by atomic mass is 10.2. The van der Waals surface area contributed by atoms with Crippen LogP contribution >= 0.6 is 0 Å². The van der Waals surface area contributed by atoms with Gasteiger partial charge in [-0.2, -0.15) is 0 Å². The second-order valence-corrected chi connectivity index (χ2v) is 3.90. The molecule has 0 bridgehead atoms. The molecule has 0 aliphatic heterocycles. The Hall–Kier alpha value is -1.40. The molecule has 0 aromatic carbocycles. The second-order valence-electron chi connectivity index (χ2n) is 3.90. The third-order valence-electron chi connectivity index (χ3n) is 2.76. The third kappa shape index (κ3) is 1.86. The number of hydrogen-bond acceptors (Lipinski definition) is 6. The summed E-state index contributed by atoms with van der Waals surface area (Å²) >= 11 is 0. The minimum atomic E-state index is -0.176. The molecule has 82 valence electrons. The van der Waals surface area contributed by atoms with E-state index < -0.39 is 0 Å². The highest BCUT2D eigenvalue weighted by molar-refractivity contribution is 5.57. The highest BCUT2D eigenvalue weighted by Gasteiger charge is 2.42. The molecule has 15 heavy (non-hydrogen) atoms. The summed E-state index contributed by atoms with van der Waals surface area (Å²) in [7, 11) is 0. The molecule has 0 saturated heterocycles. The summed E-state index contributed by atoms with van der Waals surface area (Å²) < 4.78 is 0. The molecule has 0 radical (unpaired) electrons. The Morgan fingerprint density at radius 1 is 1.47 bits per heavy atom. The average molecular weight is 209 g/mol. The molecular formula is C9H15N5O. The van der Waals surface area contributed by atoms with Crippen molar-refractivity contribution in [2.24, 2.45) is 5.84 Å². The first-order valence-corrected chi connectivity index (χ1v) is 4.88.